The summed E-state index contributed by atoms with van der Waals surface area (Å²) in [7, 11) is -3.87. The summed E-state index contributed by atoms with van der Waals surface area (Å²) in [5, 5.41) is 7.80. The molecule has 0 aliphatic carbocycles. The molecule has 0 heterocycles. The highest BCUT2D eigenvalue weighted by Gasteiger charge is 2.18. The number of nitrogens with one attached hydrogen (secondary N) is 1. The van der Waals surface area contributed by atoms with Crippen LogP contribution in [0.1, 0.15) is 29.8 Å². The molecule has 1 aromatic rings. The molecule has 0 saturated heterocycles. The van der Waals surface area contributed by atoms with Crippen LogP contribution in [-0.4, -0.2) is 20.4 Å². The van der Waals surface area contributed by atoms with E-state index < -0.39 is 10.0 Å². The van der Waals surface area contributed by atoms with E-state index in [1.165, 1.54) is 6.07 Å². The molecule has 7 heteroatoms. The van der Waals surface area contributed by atoms with Crippen LogP contribution in [0.5, 0.6) is 0 Å². The van der Waals surface area contributed by atoms with Crippen LogP contribution in [0.3, 0.4) is 0 Å². The monoisotopic (exact) mass is 334 g/mol. The number of aryl methyl sites for hydroxylation is 1. The van der Waals surface area contributed by atoms with E-state index in [0.717, 1.165) is 0 Å². The van der Waals surface area contributed by atoms with Crippen molar-refractivity contribution in [1.29, 1.82) is 0 Å². The number of halogens is 1. The lowest BCUT2D eigenvalue weighted by molar-refractivity contribution is 0.0943. The van der Waals surface area contributed by atoms with E-state index in [-0.39, 0.29) is 22.4 Å². The summed E-state index contributed by atoms with van der Waals surface area (Å²) in [6.07, 6.45) is 0. The Labute approximate surface area is 115 Å². The van der Waals surface area contributed by atoms with Crippen molar-refractivity contribution in [3.8, 4) is 0 Å². The van der Waals surface area contributed by atoms with Crippen molar-refractivity contribution in [3.63, 3.8) is 0 Å². The highest BCUT2D eigenvalue weighted by Crippen LogP contribution is 2.26. The summed E-state index contributed by atoms with van der Waals surface area (Å²) in [5.74, 6) is -0.328. The van der Waals surface area contributed by atoms with Crippen LogP contribution >= 0.6 is 15.9 Å². The molecule has 1 aromatic carbocycles. The Bertz CT molecular complexity index is 582. The summed E-state index contributed by atoms with van der Waals surface area (Å²) >= 11 is 3.16. The van der Waals surface area contributed by atoms with Gasteiger partial charge in [0.1, 0.15) is 0 Å². The number of hydrogen-bond donors (Lipinski definition) is 2. The molecule has 100 valence electrons. The minimum atomic E-state index is -3.87. The smallest absolute Gasteiger partial charge is 0.251 e. The van der Waals surface area contributed by atoms with Gasteiger partial charge in [-0.25, -0.2) is 13.6 Å². The second kappa shape index (κ2) is 5.38. The Kier molecular flexibility index (Phi) is 4.52. The van der Waals surface area contributed by atoms with E-state index in [2.05, 4.69) is 21.2 Å². The fourth-order valence-corrected chi connectivity index (χ4v) is 3.03. The predicted octanol–water partition coefficient (Wildman–Crippen LogP) is 1.54. The number of amides is 1. The maximum atomic E-state index is 11.8. The van der Waals surface area contributed by atoms with E-state index in [1.807, 2.05) is 13.8 Å². The van der Waals surface area contributed by atoms with Gasteiger partial charge >= 0.3 is 0 Å². The molecule has 0 aromatic heterocycles. The SMILES string of the molecule is Cc1cc(C(=O)NC(C)C)cc(S(N)(=O)=O)c1Br. The first kappa shape index (κ1) is 15.1. The van der Waals surface area contributed by atoms with Crippen molar-refractivity contribution >= 4 is 31.9 Å². The first-order valence-electron chi connectivity index (χ1n) is 5.26. The second-order valence-electron chi connectivity index (χ2n) is 4.28. The molecular weight excluding hydrogens is 320 g/mol. The number of primary sulfonamides is 1. The Hall–Kier alpha value is -0.920. The molecular formula is C11H15BrN2O3S. The van der Waals surface area contributed by atoms with Gasteiger partial charge in [0.25, 0.3) is 5.91 Å². The fourth-order valence-electron chi connectivity index (χ4n) is 1.42. The molecule has 0 atom stereocenters. The Morgan fingerprint density at radius 2 is 1.94 bits per heavy atom. The third-order valence-corrected chi connectivity index (χ3v) is 4.46. The molecule has 3 N–H and O–H groups in total. The van der Waals surface area contributed by atoms with E-state index in [4.69, 9.17) is 5.14 Å². The standard InChI is InChI=1S/C11H15BrN2O3S/c1-6(2)14-11(15)8-4-7(3)10(12)9(5-8)18(13,16)17/h4-6H,1-3H3,(H,14,15)(H2,13,16,17). The van der Waals surface area contributed by atoms with Crippen LogP contribution < -0.4 is 10.5 Å². The predicted molar refractivity (Wildman–Crippen MR) is 72.9 cm³/mol. The van der Waals surface area contributed by atoms with Crippen molar-refractivity contribution in [3.05, 3.63) is 27.7 Å². The minimum Gasteiger partial charge on any atom is -0.350 e. The van der Waals surface area contributed by atoms with Crippen LogP contribution in [0, 0.1) is 6.92 Å². The Morgan fingerprint density at radius 1 is 1.39 bits per heavy atom. The van der Waals surface area contributed by atoms with Crippen molar-refractivity contribution in [2.45, 2.75) is 31.7 Å². The highest BCUT2D eigenvalue weighted by atomic mass is 79.9. The van der Waals surface area contributed by atoms with Gasteiger partial charge in [-0.05, 0) is 54.4 Å². The number of sulfonamides is 1. The quantitative estimate of drug-likeness (QED) is 0.878. The molecule has 0 bridgehead atoms. The van der Waals surface area contributed by atoms with E-state index >= 15 is 0 Å². The zero-order valence-electron chi connectivity index (χ0n) is 10.3. The van der Waals surface area contributed by atoms with Crippen LogP contribution in [0.25, 0.3) is 0 Å². The molecule has 0 unspecified atom stereocenters. The van der Waals surface area contributed by atoms with Crippen molar-refractivity contribution in [2.75, 3.05) is 0 Å². The Morgan fingerprint density at radius 3 is 2.39 bits per heavy atom. The molecule has 0 aliphatic heterocycles. The lowest BCUT2D eigenvalue weighted by atomic mass is 10.1. The first-order chi connectivity index (χ1) is 8.12. The molecule has 0 spiro atoms. The summed E-state index contributed by atoms with van der Waals surface area (Å²) in [4.78, 5) is 11.7. The maximum absolute atomic E-state index is 11.8. The molecule has 0 saturated carbocycles. The van der Waals surface area contributed by atoms with Crippen molar-refractivity contribution < 1.29 is 13.2 Å². The van der Waals surface area contributed by atoms with E-state index in [0.29, 0.717) is 10.0 Å². The average molecular weight is 335 g/mol. The number of nitrogens with two attached hydrogens (primary N) is 1. The van der Waals surface area contributed by atoms with Gasteiger partial charge < -0.3 is 5.32 Å². The molecule has 5 nitrogen and oxygen atoms in total. The molecule has 18 heavy (non-hydrogen) atoms. The highest BCUT2D eigenvalue weighted by molar-refractivity contribution is 9.10. The van der Waals surface area contributed by atoms with Gasteiger partial charge in [-0.15, -0.1) is 0 Å². The fraction of sp³-hybridized carbons (Fsp3) is 0.364. The Balaban J connectivity index is 3.34. The summed E-state index contributed by atoms with van der Waals surface area (Å²) in [5.41, 5.74) is 0.906. The third-order valence-electron chi connectivity index (χ3n) is 2.21. The van der Waals surface area contributed by atoms with Crippen LogP contribution in [-0.2, 0) is 10.0 Å². The van der Waals surface area contributed by atoms with Gasteiger partial charge in [0.15, 0.2) is 0 Å². The van der Waals surface area contributed by atoms with Crippen molar-refractivity contribution in [1.82, 2.24) is 5.32 Å². The number of carbonyl (C=O) groups excluding carboxylic acids is 1. The molecule has 0 radical (unpaired) electrons. The summed E-state index contributed by atoms with van der Waals surface area (Å²) in [6.45, 7) is 5.35. The molecule has 1 rings (SSSR count). The maximum Gasteiger partial charge on any atom is 0.251 e. The lowest BCUT2D eigenvalue weighted by Crippen LogP contribution is -2.30. The normalized spacial score (nSPS) is 11.7. The van der Waals surface area contributed by atoms with Gasteiger partial charge in [0.2, 0.25) is 10.0 Å². The van der Waals surface area contributed by atoms with Gasteiger partial charge in [-0.1, -0.05) is 0 Å². The van der Waals surface area contributed by atoms with Crippen LogP contribution in [0.4, 0.5) is 0 Å². The summed E-state index contributed by atoms with van der Waals surface area (Å²) in [6, 6.07) is 2.85. The number of benzene rings is 1. The second-order valence-corrected chi connectivity index (χ2v) is 6.60. The van der Waals surface area contributed by atoms with E-state index in [9.17, 15) is 13.2 Å². The van der Waals surface area contributed by atoms with Crippen LogP contribution in [0.15, 0.2) is 21.5 Å². The summed E-state index contributed by atoms with van der Waals surface area (Å²) < 4.78 is 23.2. The first-order valence-corrected chi connectivity index (χ1v) is 7.60. The zero-order valence-corrected chi connectivity index (χ0v) is 12.7. The van der Waals surface area contributed by atoms with Gasteiger partial charge in [0.05, 0.1) is 4.90 Å². The third kappa shape index (κ3) is 3.54. The van der Waals surface area contributed by atoms with Crippen LogP contribution in [0.2, 0.25) is 0 Å². The minimum absolute atomic E-state index is 0.0283. The topological polar surface area (TPSA) is 89.3 Å². The number of carbonyl (C=O) groups is 1. The van der Waals surface area contributed by atoms with Gasteiger partial charge in [-0.3, -0.25) is 4.79 Å². The molecule has 0 aliphatic rings. The molecule has 0 fully saturated rings. The largest absolute Gasteiger partial charge is 0.350 e. The zero-order chi connectivity index (χ0) is 14.1. The molecule has 1 amide bonds. The average Bonchev–Trinajstić information content (AvgIpc) is 2.18. The van der Waals surface area contributed by atoms with Gasteiger partial charge in [-0.2, -0.15) is 0 Å². The van der Waals surface area contributed by atoms with E-state index in [1.54, 1.807) is 13.0 Å². The number of rotatable bonds is 3. The number of hydrogen-bond acceptors (Lipinski definition) is 3. The lowest BCUT2D eigenvalue weighted by Gasteiger charge is -2.11. The van der Waals surface area contributed by atoms with Gasteiger partial charge in [0, 0.05) is 16.1 Å². The van der Waals surface area contributed by atoms with Crippen molar-refractivity contribution in [2.24, 2.45) is 5.14 Å².